The molecule has 0 radical (unpaired) electrons. The van der Waals surface area contributed by atoms with E-state index in [9.17, 15) is 13.2 Å². The van der Waals surface area contributed by atoms with Gasteiger partial charge in [0, 0.05) is 7.05 Å². The van der Waals surface area contributed by atoms with Gasteiger partial charge in [-0.3, -0.25) is 4.68 Å². The van der Waals surface area contributed by atoms with Crippen molar-refractivity contribution in [2.75, 3.05) is 20.3 Å². The molecule has 0 saturated carbocycles. The molecule has 0 saturated heterocycles. The highest BCUT2D eigenvalue weighted by atomic mass is 35.5. The average Bonchev–Trinajstić information content (AvgIpc) is 2.53. The molecular formula is C9H13ClF3N3O. The predicted octanol–water partition coefficient (Wildman–Crippen LogP) is 1.91. The molecule has 0 bridgehead atoms. The summed E-state index contributed by atoms with van der Waals surface area (Å²) in [5, 5.41) is 7.13. The highest BCUT2D eigenvalue weighted by Crippen LogP contribution is 2.23. The Labute approximate surface area is 102 Å². The second-order valence-corrected chi connectivity index (χ2v) is 3.88. The molecule has 4 nitrogen and oxygen atoms in total. The lowest BCUT2D eigenvalue weighted by Crippen LogP contribution is -2.27. The molecule has 1 N–H and O–H groups in total. The van der Waals surface area contributed by atoms with Crippen LogP contribution in [0.2, 0.25) is 5.02 Å². The number of aryl methyl sites for hydroxylation is 1. The SMILES string of the molecule is CNC(COCC(F)(F)F)c1c(Cl)cnn1C. The molecule has 8 heteroatoms. The molecule has 0 amide bonds. The Bertz CT molecular complexity index is 347. The molecule has 98 valence electrons. The van der Waals surface area contributed by atoms with Crippen molar-refractivity contribution in [2.45, 2.75) is 12.2 Å². The summed E-state index contributed by atoms with van der Waals surface area (Å²) in [6.07, 6.45) is -2.89. The van der Waals surface area contributed by atoms with E-state index in [4.69, 9.17) is 11.6 Å². The van der Waals surface area contributed by atoms with Crippen LogP contribution in [0.3, 0.4) is 0 Å². The predicted molar refractivity (Wildman–Crippen MR) is 56.9 cm³/mol. The number of nitrogens with zero attached hydrogens (tertiary/aromatic N) is 2. The maximum atomic E-state index is 11.9. The Morgan fingerprint density at radius 2 is 2.24 bits per heavy atom. The molecule has 17 heavy (non-hydrogen) atoms. The van der Waals surface area contributed by atoms with E-state index < -0.39 is 18.8 Å². The Hall–Kier alpha value is -0.790. The molecule has 1 unspecified atom stereocenters. The van der Waals surface area contributed by atoms with Crippen LogP contribution in [0.5, 0.6) is 0 Å². The van der Waals surface area contributed by atoms with Crippen molar-refractivity contribution in [1.29, 1.82) is 0 Å². The molecule has 0 aliphatic rings. The molecule has 0 spiro atoms. The summed E-state index contributed by atoms with van der Waals surface area (Å²) in [6.45, 7) is -1.41. The monoisotopic (exact) mass is 271 g/mol. The second kappa shape index (κ2) is 5.70. The molecule has 1 aromatic heterocycles. The van der Waals surface area contributed by atoms with Gasteiger partial charge >= 0.3 is 6.18 Å². The Morgan fingerprint density at radius 3 is 2.65 bits per heavy atom. The number of nitrogens with one attached hydrogen (secondary N) is 1. The molecule has 0 fully saturated rings. The van der Waals surface area contributed by atoms with Crippen LogP contribution in [-0.4, -0.2) is 36.2 Å². The van der Waals surface area contributed by atoms with E-state index in [1.54, 1.807) is 14.1 Å². The number of ether oxygens (including phenoxy) is 1. The molecule has 0 aromatic carbocycles. The topological polar surface area (TPSA) is 39.1 Å². The zero-order valence-corrected chi connectivity index (χ0v) is 10.1. The maximum Gasteiger partial charge on any atom is 0.411 e. The van der Waals surface area contributed by atoms with Gasteiger partial charge in [0.1, 0.15) is 6.61 Å². The maximum absolute atomic E-state index is 11.9. The number of alkyl halides is 3. The third kappa shape index (κ3) is 4.18. The highest BCUT2D eigenvalue weighted by molar-refractivity contribution is 6.31. The molecule has 0 aliphatic heterocycles. The van der Waals surface area contributed by atoms with Crippen LogP contribution in [0.15, 0.2) is 6.20 Å². The first-order chi connectivity index (χ1) is 7.85. The van der Waals surface area contributed by atoms with E-state index in [1.807, 2.05) is 0 Å². The third-order valence-electron chi connectivity index (χ3n) is 2.17. The van der Waals surface area contributed by atoms with E-state index in [-0.39, 0.29) is 6.61 Å². The number of aromatic nitrogens is 2. The summed E-state index contributed by atoms with van der Waals surface area (Å²) < 4.78 is 41.9. The zero-order valence-electron chi connectivity index (χ0n) is 9.38. The van der Waals surface area contributed by atoms with Crippen LogP contribution in [0.4, 0.5) is 13.2 Å². The normalized spacial score (nSPS) is 14.0. The van der Waals surface area contributed by atoms with Crippen molar-refractivity contribution < 1.29 is 17.9 Å². The highest BCUT2D eigenvalue weighted by Gasteiger charge is 2.28. The summed E-state index contributed by atoms with van der Waals surface area (Å²) in [4.78, 5) is 0. The number of halogens is 4. The van der Waals surface area contributed by atoms with E-state index in [0.717, 1.165) is 0 Å². The van der Waals surface area contributed by atoms with Gasteiger partial charge in [0.2, 0.25) is 0 Å². The van der Waals surface area contributed by atoms with Gasteiger partial charge in [-0.2, -0.15) is 18.3 Å². The van der Waals surface area contributed by atoms with Gasteiger partial charge in [0.15, 0.2) is 0 Å². The Balaban J connectivity index is 2.61. The van der Waals surface area contributed by atoms with Crippen LogP contribution in [0.25, 0.3) is 0 Å². The second-order valence-electron chi connectivity index (χ2n) is 3.47. The largest absolute Gasteiger partial charge is 0.411 e. The quantitative estimate of drug-likeness (QED) is 0.889. The molecule has 1 aromatic rings. The molecule has 1 atom stereocenters. The minimum absolute atomic E-state index is 0.130. The van der Waals surface area contributed by atoms with Gasteiger partial charge in [-0.25, -0.2) is 0 Å². The van der Waals surface area contributed by atoms with Crippen LogP contribution in [-0.2, 0) is 11.8 Å². The average molecular weight is 272 g/mol. The van der Waals surface area contributed by atoms with Gasteiger partial charge in [0.25, 0.3) is 0 Å². The van der Waals surface area contributed by atoms with Crippen molar-refractivity contribution in [3.05, 3.63) is 16.9 Å². The lowest BCUT2D eigenvalue weighted by molar-refractivity contribution is -0.175. The van der Waals surface area contributed by atoms with E-state index in [1.165, 1.54) is 10.9 Å². The first-order valence-electron chi connectivity index (χ1n) is 4.84. The van der Waals surface area contributed by atoms with Crippen LogP contribution in [0.1, 0.15) is 11.7 Å². The van der Waals surface area contributed by atoms with Crippen molar-refractivity contribution in [3.63, 3.8) is 0 Å². The smallest absolute Gasteiger partial charge is 0.370 e. The molecule has 1 heterocycles. The summed E-state index contributed by atoms with van der Waals surface area (Å²) in [5.41, 5.74) is 0.594. The number of rotatable bonds is 5. The van der Waals surface area contributed by atoms with Crippen molar-refractivity contribution in [1.82, 2.24) is 15.1 Å². The first-order valence-corrected chi connectivity index (χ1v) is 5.22. The number of hydrogen-bond donors (Lipinski definition) is 1. The van der Waals surface area contributed by atoms with Crippen LogP contribution < -0.4 is 5.32 Å². The number of hydrogen-bond acceptors (Lipinski definition) is 3. The van der Waals surface area contributed by atoms with E-state index >= 15 is 0 Å². The van der Waals surface area contributed by atoms with Gasteiger partial charge < -0.3 is 10.1 Å². The van der Waals surface area contributed by atoms with Gasteiger partial charge in [0.05, 0.1) is 29.6 Å². The van der Waals surface area contributed by atoms with Crippen molar-refractivity contribution >= 4 is 11.6 Å². The van der Waals surface area contributed by atoms with E-state index in [2.05, 4.69) is 15.2 Å². The molecular weight excluding hydrogens is 259 g/mol. The first kappa shape index (κ1) is 14.3. The Kier molecular flexibility index (Phi) is 4.79. The van der Waals surface area contributed by atoms with Crippen molar-refractivity contribution in [2.24, 2.45) is 7.05 Å². The summed E-state index contributed by atoms with van der Waals surface area (Å²) >= 11 is 5.89. The molecule has 1 rings (SSSR count). The summed E-state index contributed by atoms with van der Waals surface area (Å²) in [7, 11) is 3.28. The zero-order chi connectivity index (χ0) is 13.1. The van der Waals surface area contributed by atoms with Gasteiger partial charge in [-0.05, 0) is 7.05 Å². The fourth-order valence-corrected chi connectivity index (χ4v) is 1.70. The lowest BCUT2D eigenvalue weighted by Gasteiger charge is -2.18. The van der Waals surface area contributed by atoms with Crippen LogP contribution in [0, 0.1) is 0 Å². The summed E-state index contributed by atoms with van der Waals surface area (Å²) in [6, 6.07) is -0.433. The van der Waals surface area contributed by atoms with Crippen LogP contribution >= 0.6 is 11.6 Å². The minimum atomic E-state index is -4.32. The fraction of sp³-hybridized carbons (Fsp3) is 0.667. The number of likely N-dealkylation sites (N-methyl/N-ethyl adjacent to an activating group) is 1. The fourth-order valence-electron chi connectivity index (χ4n) is 1.40. The van der Waals surface area contributed by atoms with E-state index in [0.29, 0.717) is 10.7 Å². The van der Waals surface area contributed by atoms with Crippen molar-refractivity contribution in [3.8, 4) is 0 Å². The van der Waals surface area contributed by atoms with Gasteiger partial charge in [-0.15, -0.1) is 0 Å². The Morgan fingerprint density at radius 1 is 1.59 bits per heavy atom. The minimum Gasteiger partial charge on any atom is -0.370 e. The van der Waals surface area contributed by atoms with Gasteiger partial charge in [-0.1, -0.05) is 11.6 Å². The molecule has 0 aliphatic carbocycles. The standard InChI is InChI=1S/C9H13ClF3N3O/c1-14-7(4-17-5-9(11,12)13)8-6(10)3-15-16(8)2/h3,7,14H,4-5H2,1-2H3. The summed E-state index contributed by atoms with van der Waals surface area (Å²) in [5.74, 6) is 0. The lowest BCUT2D eigenvalue weighted by atomic mass is 10.2. The third-order valence-corrected chi connectivity index (χ3v) is 2.46.